The molecule has 0 aliphatic carbocycles. The van der Waals surface area contributed by atoms with Crippen molar-refractivity contribution in [3.63, 3.8) is 0 Å². The standard InChI is InChI=1S/C4H7BrCl2/c5-1-4(2-6)3-7/h4H,1-3H2. The molecule has 0 aliphatic rings. The van der Waals surface area contributed by atoms with E-state index in [1.165, 1.54) is 0 Å². The minimum Gasteiger partial charge on any atom is -0.126 e. The highest BCUT2D eigenvalue weighted by Crippen LogP contribution is 2.04. The van der Waals surface area contributed by atoms with Crippen molar-refractivity contribution in [3.8, 4) is 0 Å². The molecule has 0 radical (unpaired) electrons. The number of hydrogen-bond donors (Lipinski definition) is 0. The maximum absolute atomic E-state index is 5.45. The zero-order valence-corrected chi connectivity index (χ0v) is 6.93. The summed E-state index contributed by atoms with van der Waals surface area (Å²) >= 11 is 14.2. The van der Waals surface area contributed by atoms with Crippen LogP contribution in [0.25, 0.3) is 0 Å². The Bertz CT molecular complexity index is 31.2. The van der Waals surface area contributed by atoms with Crippen molar-refractivity contribution in [3.05, 3.63) is 0 Å². The Morgan fingerprint density at radius 1 is 1.29 bits per heavy atom. The average Bonchev–Trinajstić information content (AvgIpc) is 1.72. The van der Waals surface area contributed by atoms with Crippen LogP contribution in [0.5, 0.6) is 0 Å². The Kier molecular flexibility index (Phi) is 5.99. The topological polar surface area (TPSA) is 0 Å². The highest BCUT2D eigenvalue weighted by molar-refractivity contribution is 9.09. The highest BCUT2D eigenvalue weighted by Gasteiger charge is 2.00. The fraction of sp³-hybridized carbons (Fsp3) is 1.00. The largest absolute Gasteiger partial charge is 0.126 e. The summed E-state index contributed by atoms with van der Waals surface area (Å²) in [4.78, 5) is 0. The Hall–Kier alpha value is 1.06. The van der Waals surface area contributed by atoms with Gasteiger partial charge in [-0.1, -0.05) is 15.9 Å². The van der Waals surface area contributed by atoms with E-state index in [4.69, 9.17) is 23.2 Å². The predicted molar refractivity (Wildman–Crippen MR) is 38.7 cm³/mol. The average molecular weight is 206 g/mol. The molecule has 3 heteroatoms. The minimum atomic E-state index is 0.434. The van der Waals surface area contributed by atoms with E-state index in [0.717, 1.165) is 5.33 Å². The van der Waals surface area contributed by atoms with Crippen molar-refractivity contribution in [2.45, 2.75) is 0 Å². The summed E-state index contributed by atoms with van der Waals surface area (Å²) in [6.45, 7) is 0. The molecule has 0 amide bonds. The van der Waals surface area contributed by atoms with Crippen molar-refractivity contribution >= 4 is 39.1 Å². The number of rotatable bonds is 3. The monoisotopic (exact) mass is 204 g/mol. The Labute approximate surface area is 62.3 Å². The van der Waals surface area contributed by atoms with E-state index >= 15 is 0 Å². The van der Waals surface area contributed by atoms with Gasteiger partial charge in [0.05, 0.1) is 0 Å². The van der Waals surface area contributed by atoms with Crippen LogP contribution in [0.4, 0.5) is 0 Å². The Morgan fingerprint density at radius 2 is 1.71 bits per heavy atom. The molecular formula is C4H7BrCl2. The first-order valence-electron chi connectivity index (χ1n) is 2.03. The Morgan fingerprint density at radius 3 is 1.71 bits per heavy atom. The lowest BCUT2D eigenvalue weighted by Crippen LogP contribution is -2.04. The SMILES string of the molecule is ClCC(CCl)CBr. The normalized spacial score (nSPS) is 10.3. The third-order valence-electron chi connectivity index (χ3n) is 0.655. The van der Waals surface area contributed by atoms with E-state index in [2.05, 4.69) is 15.9 Å². The van der Waals surface area contributed by atoms with E-state index in [9.17, 15) is 0 Å². The lowest BCUT2D eigenvalue weighted by atomic mass is 10.3. The summed E-state index contributed by atoms with van der Waals surface area (Å²) in [5.74, 6) is 1.73. The first kappa shape index (κ1) is 8.06. The van der Waals surface area contributed by atoms with E-state index in [1.54, 1.807) is 0 Å². The van der Waals surface area contributed by atoms with E-state index in [-0.39, 0.29) is 0 Å². The van der Waals surface area contributed by atoms with Crippen LogP contribution in [0, 0.1) is 5.92 Å². The second-order valence-electron chi connectivity index (χ2n) is 1.33. The van der Waals surface area contributed by atoms with Crippen molar-refractivity contribution < 1.29 is 0 Å². The van der Waals surface area contributed by atoms with Gasteiger partial charge in [-0.25, -0.2) is 0 Å². The molecule has 0 aromatic rings. The van der Waals surface area contributed by atoms with Crippen LogP contribution in [0.2, 0.25) is 0 Å². The molecule has 0 fully saturated rings. The van der Waals surface area contributed by atoms with Crippen LogP contribution in [-0.2, 0) is 0 Å². The molecular weight excluding hydrogens is 199 g/mol. The summed E-state index contributed by atoms with van der Waals surface area (Å²) in [6, 6.07) is 0. The second-order valence-corrected chi connectivity index (χ2v) is 2.59. The van der Waals surface area contributed by atoms with E-state index in [0.29, 0.717) is 17.7 Å². The maximum atomic E-state index is 5.45. The van der Waals surface area contributed by atoms with Gasteiger partial charge in [-0.15, -0.1) is 23.2 Å². The quantitative estimate of drug-likeness (QED) is 0.622. The van der Waals surface area contributed by atoms with Gasteiger partial charge in [0.1, 0.15) is 0 Å². The van der Waals surface area contributed by atoms with Gasteiger partial charge in [-0.2, -0.15) is 0 Å². The van der Waals surface area contributed by atoms with Gasteiger partial charge in [0.15, 0.2) is 0 Å². The van der Waals surface area contributed by atoms with Crippen molar-refractivity contribution in [2.75, 3.05) is 17.1 Å². The van der Waals surface area contributed by atoms with Crippen LogP contribution >= 0.6 is 39.1 Å². The molecule has 0 spiro atoms. The zero-order valence-electron chi connectivity index (χ0n) is 3.83. The number of halogens is 3. The van der Waals surface area contributed by atoms with Crippen molar-refractivity contribution in [1.82, 2.24) is 0 Å². The van der Waals surface area contributed by atoms with Crippen LogP contribution in [0.3, 0.4) is 0 Å². The first-order chi connectivity index (χ1) is 3.35. The summed E-state index contributed by atoms with van der Waals surface area (Å²) in [7, 11) is 0. The molecule has 0 saturated heterocycles. The van der Waals surface area contributed by atoms with Gasteiger partial charge in [-0.05, 0) is 5.92 Å². The molecule has 0 heterocycles. The summed E-state index contributed by atoms with van der Waals surface area (Å²) in [5.41, 5.74) is 0. The van der Waals surface area contributed by atoms with E-state index in [1.807, 2.05) is 0 Å². The molecule has 0 aromatic heterocycles. The van der Waals surface area contributed by atoms with Gasteiger partial charge >= 0.3 is 0 Å². The van der Waals surface area contributed by atoms with Crippen LogP contribution in [-0.4, -0.2) is 17.1 Å². The molecule has 0 saturated carbocycles. The van der Waals surface area contributed by atoms with Gasteiger partial charge in [-0.3, -0.25) is 0 Å². The fourth-order valence-electron chi connectivity index (χ4n) is 0.124. The van der Waals surface area contributed by atoms with Crippen molar-refractivity contribution in [2.24, 2.45) is 5.92 Å². The molecule has 0 N–H and O–H groups in total. The van der Waals surface area contributed by atoms with Crippen molar-refractivity contribution in [1.29, 1.82) is 0 Å². The summed E-state index contributed by atoms with van der Waals surface area (Å²) < 4.78 is 0. The molecule has 0 unspecified atom stereocenters. The summed E-state index contributed by atoms with van der Waals surface area (Å²) in [5, 5.41) is 0.903. The molecule has 0 nitrogen and oxygen atoms in total. The van der Waals surface area contributed by atoms with Gasteiger partial charge in [0, 0.05) is 17.1 Å². The molecule has 0 aliphatic heterocycles. The fourth-order valence-corrected chi connectivity index (χ4v) is 1.66. The number of hydrogen-bond acceptors (Lipinski definition) is 0. The molecule has 7 heavy (non-hydrogen) atoms. The lowest BCUT2D eigenvalue weighted by molar-refractivity contribution is 0.774. The second kappa shape index (κ2) is 5.20. The third-order valence-corrected chi connectivity index (χ3v) is 2.44. The van der Waals surface area contributed by atoms with Gasteiger partial charge in [0.25, 0.3) is 0 Å². The first-order valence-corrected chi connectivity index (χ1v) is 4.22. The molecule has 0 bridgehead atoms. The molecule has 44 valence electrons. The number of alkyl halides is 3. The third kappa shape index (κ3) is 3.63. The lowest BCUT2D eigenvalue weighted by Gasteiger charge is -2.01. The minimum absolute atomic E-state index is 0.434. The van der Waals surface area contributed by atoms with Crippen LogP contribution in [0.1, 0.15) is 0 Å². The molecule has 0 rings (SSSR count). The smallest absolute Gasteiger partial charge is 0.0271 e. The van der Waals surface area contributed by atoms with Crippen LogP contribution in [0.15, 0.2) is 0 Å². The molecule has 0 aromatic carbocycles. The van der Waals surface area contributed by atoms with Crippen LogP contribution < -0.4 is 0 Å². The molecule has 0 atom stereocenters. The Balaban J connectivity index is 2.99. The summed E-state index contributed by atoms with van der Waals surface area (Å²) in [6.07, 6.45) is 0. The zero-order chi connectivity index (χ0) is 5.70. The van der Waals surface area contributed by atoms with Gasteiger partial charge in [0.2, 0.25) is 0 Å². The van der Waals surface area contributed by atoms with E-state index < -0.39 is 0 Å². The highest BCUT2D eigenvalue weighted by atomic mass is 79.9. The predicted octanol–water partition coefficient (Wildman–Crippen LogP) is 2.48. The van der Waals surface area contributed by atoms with Gasteiger partial charge < -0.3 is 0 Å². The maximum Gasteiger partial charge on any atom is 0.0271 e.